The molecule has 3 heterocycles. The molecule has 5 aromatic rings. The first-order chi connectivity index (χ1) is 22.5. The quantitative estimate of drug-likeness (QED) is 0.111. The molecule has 0 amide bonds. The second-order valence-electron chi connectivity index (χ2n) is 10.9. The van der Waals surface area contributed by atoms with Crippen LogP contribution in [0, 0.1) is 0 Å². The maximum Gasteiger partial charge on any atom is 0.330 e. The molecule has 1 N–H and O–H groups in total. The molecule has 0 saturated carbocycles. The Balaban J connectivity index is 1.40. The number of unbranched alkanes of at least 4 members (excludes halogenated alkanes) is 1. The third-order valence-corrected chi connectivity index (χ3v) is 7.80. The van der Waals surface area contributed by atoms with Crippen LogP contribution in [0.3, 0.4) is 0 Å². The van der Waals surface area contributed by atoms with E-state index in [0.29, 0.717) is 36.8 Å². The zero-order valence-corrected chi connectivity index (χ0v) is 26.9. The molecule has 46 heavy (non-hydrogen) atoms. The third-order valence-electron chi connectivity index (χ3n) is 7.80. The van der Waals surface area contributed by atoms with E-state index < -0.39 is 5.97 Å². The van der Waals surface area contributed by atoms with Gasteiger partial charge in [0.05, 0.1) is 18.9 Å². The summed E-state index contributed by atoms with van der Waals surface area (Å²) in [5.74, 6) is 1.18. The summed E-state index contributed by atoms with van der Waals surface area (Å²) in [5.41, 5.74) is 6.80. The van der Waals surface area contributed by atoms with Gasteiger partial charge >= 0.3 is 5.97 Å². The van der Waals surface area contributed by atoms with Crippen LogP contribution in [0.15, 0.2) is 60.7 Å². The van der Waals surface area contributed by atoms with E-state index in [0.717, 1.165) is 59.4 Å². The van der Waals surface area contributed by atoms with E-state index in [-0.39, 0.29) is 12.8 Å². The van der Waals surface area contributed by atoms with Crippen molar-refractivity contribution in [1.29, 1.82) is 0 Å². The Morgan fingerprint density at radius 3 is 2.50 bits per heavy atom. The number of aliphatic hydroxyl groups is 1. The number of nitrogens with zero attached hydrogens (tertiary/aromatic N) is 7. The van der Waals surface area contributed by atoms with Gasteiger partial charge < -0.3 is 19.1 Å². The monoisotopic (exact) mass is 623 g/mol. The highest BCUT2D eigenvalue weighted by Crippen LogP contribution is 2.32. The Morgan fingerprint density at radius 1 is 1.00 bits per heavy atom. The SMILES string of the molecule is CCCCc1nc2cc(C=CC(=O)OCC)c(CO)nc2n1CCc1ccc(-c2ccccc2-c2nnnn2C(C)OCC)cc1. The minimum Gasteiger partial charge on any atom is -0.463 e. The Hall–Kier alpha value is -4.74. The fourth-order valence-electron chi connectivity index (χ4n) is 5.48. The van der Waals surface area contributed by atoms with Crippen molar-refractivity contribution in [3.8, 4) is 22.5 Å². The number of imidazole rings is 1. The number of rotatable bonds is 15. The van der Waals surface area contributed by atoms with Crippen molar-refractivity contribution >= 4 is 23.2 Å². The maximum absolute atomic E-state index is 11.9. The van der Waals surface area contributed by atoms with E-state index in [1.54, 1.807) is 17.7 Å². The minimum absolute atomic E-state index is 0.256. The molecular weight excluding hydrogens is 582 g/mol. The van der Waals surface area contributed by atoms with Gasteiger partial charge in [-0.1, -0.05) is 61.9 Å². The van der Waals surface area contributed by atoms with Crippen LogP contribution < -0.4 is 0 Å². The number of carbonyl (C=O) groups is 1. The van der Waals surface area contributed by atoms with Gasteiger partial charge in [-0.05, 0) is 72.9 Å². The lowest BCUT2D eigenvalue weighted by atomic mass is 9.97. The standard InChI is InChI=1S/C35H41N7O4/c1-5-8-13-32-36-30-22-27(18-19-33(44)46-7-3)31(23-43)37-35(30)41(32)21-20-25-14-16-26(17-15-25)28-11-9-10-12-29(28)34-38-39-40-42(34)24(4)45-6-2/h9-12,14-19,22,24,43H,5-8,13,20-21,23H2,1-4H3. The Labute approximate surface area is 268 Å². The van der Waals surface area contributed by atoms with Crippen LogP contribution >= 0.6 is 0 Å². The summed E-state index contributed by atoms with van der Waals surface area (Å²) in [6.45, 7) is 9.09. The Bertz CT molecular complexity index is 1790. The number of ether oxygens (including phenoxy) is 2. The van der Waals surface area contributed by atoms with Crippen molar-refractivity contribution in [2.45, 2.75) is 72.8 Å². The topological polar surface area (TPSA) is 130 Å². The van der Waals surface area contributed by atoms with Gasteiger partial charge in [0.1, 0.15) is 11.3 Å². The first-order valence-corrected chi connectivity index (χ1v) is 15.9. The van der Waals surface area contributed by atoms with E-state index in [4.69, 9.17) is 19.4 Å². The highest BCUT2D eigenvalue weighted by atomic mass is 16.5. The predicted molar refractivity (Wildman–Crippen MR) is 176 cm³/mol. The van der Waals surface area contributed by atoms with Gasteiger partial charge in [0.25, 0.3) is 0 Å². The number of carbonyl (C=O) groups excluding carboxylic acids is 1. The lowest BCUT2D eigenvalue weighted by Crippen LogP contribution is -2.12. The van der Waals surface area contributed by atoms with Crippen LogP contribution in [0.1, 0.15) is 69.4 Å². The van der Waals surface area contributed by atoms with Crippen LogP contribution in [0.4, 0.5) is 0 Å². The summed E-state index contributed by atoms with van der Waals surface area (Å²) in [5, 5.41) is 22.5. The molecule has 0 aliphatic carbocycles. The second-order valence-corrected chi connectivity index (χ2v) is 10.9. The van der Waals surface area contributed by atoms with Gasteiger partial charge in [-0.2, -0.15) is 4.68 Å². The van der Waals surface area contributed by atoms with E-state index in [1.165, 1.54) is 11.6 Å². The summed E-state index contributed by atoms with van der Waals surface area (Å²) in [4.78, 5) is 21.6. The zero-order chi connectivity index (χ0) is 32.5. The number of aliphatic hydroxyl groups excluding tert-OH is 1. The molecule has 1 unspecified atom stereocenters. The largest absolute Gasteiger partial charge is 0.463 e. The van der Waals surface area contributed by atoms with Gasteiger partial charge in [0.15, 0.2) is 17.7 Å². The number of aromatic nitrogens is 7. The molecule has 2 aromatic carbocycles. The highest BCUT2D eigenvalue weighted by Gasteiger charge is 2.19. The summed E-state index contributed by atoms with van der Waals surface area (Å²) in [7, 11) is 0. The van der Waals surface area contributed by atoms with E-state index in [9.17, 15) is 9.90 Å². The van der Waals surface area contributed by atoms with Crippen LogP contribution in [-0.2, 0) is 40.3 Å². The van der Waals surface area contributed by atoms with Crippen molar-refractivity contribution in [3.63, 3.8) is 0 Å². The molecule has 1 atom stereocenters. The molecule has 0 aliphatic heterocycles. The fraction of sp³-hybridized carbons (Fsp3) is 0.371. The first kappa shape index (κ1) is 32.6. The average Bonchev–Trinajstić information content (AvgIpc) is 3.70. The number of hydrogen-bond acceptors (Lipinski definition) is 9. The number of pyridine rings is 1. The van der Waals surface area contributed by atoms with Crippen molar-refractivity contribution in [3.05, 3.63) is 83.3 Å². The molecule has 0 radical (unpaired) electrons. The van der Waals surface area contributed by atoms with Gasteiger partial charge in [-0.25, -0.2) is 14.8 Å². The third kappa shape index (κ3) is 7.38. The molecule has 5 rings (SSSR count). The number of benzene rings is 2. The number of tetrazole rings is 1. The maximum atomic E-state index is 11.9. The van der Waals surface area contributed by atoms with E-state index in [2.05, 4.69) is 57.3 Å². The summed E-state index contributed by atoms with van der Waals surface area (Å²) in [6, 6.07) is 18.5. The number of aryl methyl sites for hydroxylation is 3. The van der Waals surface area contributed by atoms with Gasteiger partial charge in [0, 0.05) is 36.8 Å². The van der Waals surface area contributed by atoms with Crippen LogP contribution in [0.25, 0.3) is 39.8 Å². The fourth-order valence-corrected chi connectivity index (χ4v) is 5.48. The normalized spacial score (nSPS) is 12.3. The molecular formula is C35H41N7O4. The molecule has 0 aliphatic rings. The van der Waals surface area contributed by atoms with Gasteiger partial charge in [-0.15, -0.1) is 5.10 Å². The summed E-state index contributed by atoms with van der Waals surface area (Å²) < 4.78 is 14.6. The second kappa shape index (κ2) is 15.5. The predicted octanol–water partition coefficient (Wildman–Crippen LogP) is 5.96. The minimum atomic E-state index is -0.438. The van der Waals surface area contributed by atoms with E-state index in [1.807, 2.05) is 38.1 Å². The zero-order valence-electron chi connectivity index (χ0n) is 26.9. The molecule has 11 heteroatoms. The number of esters is 1. The molecule has 11 nitrogen and oxygen atoms in total. The lowest BCUT2D eigenvalue weighted by molar-refractivity contribution is -0.137. The smallest absolute Gasteiger partial charge is 0.330 e. The van der Waals surface area contributed by atoms with Crippen molar-refractivity contribution < 1.29 is 19.4 Å². The van der Waals surface area contributed by atoms with Crippen LogP contribution in [0.2, 0.25) is 0 Å². The average molecular weight is 624 g/mol. The van der Waals surface area contributed by atoms with E-state index >= 15 is 0 Å². The molecule has 0 saturated heterocycles. The van der Waals surface area contributed by atoms with Gasteiger partial charge in [-0.3, -0.25) is 0 Å². The van der Waals surface area contributed by atoms with Crippen molar-refractivity contribution in [2.75, 3.05) is 13.2 Å². The molecule has 3 aromatic heterocycles. The van der Waals surface area contributed by atoms with Crippen LogP contribution in [-0.4, -0.2) is 59.0 Å². The molecule has 0 spiro atoms. The Morgan fingerprint density at radius 2 is 1.78 bits per heavy atom. The van der Waals surface area contributed by atoms with Crippen molar-refractivity contribution in [1.82, 2.24) is 34.7 Å². The Kier molecular flexibility index (Phi) is 11.0. The first-order valence-electron chi connectivity index (χ1n) is 15.9. The number of hydrogen-bond donors (Lipinski definition) is 1. The van der Waals surface area contributed by atoms with Gasteiger partial charge in [0.2, 0.25) is 0 Å². The lowest BCUT2D eigenvalue weighted by Gasteiger charge is -2.15. The summed E-state index contributed by atoms with van der Waals surface area (Å²) >= 11 is 0. The highest BCUT2D eigenvalue weighted by molar-refractivity contribution is 5.88. The summed E-state index contributed by atoms with van der Waals surface area (Å²) in [6.07, 6.45) is 6.34. The van der Waals surface area contributed by atoms with Crippen molar-refractivity contribution in [2.24, 2.45) is 0 Å². The number of fused-ring (bicyclic) bond motifs is 1. The molecule has 240 valence electrons. The molecule has 0 bridgehead atoms. The van der Waals surface area contributed by atoms with Crippen LogP contribution in [0.5, 0.6) is 0 Å². The molecule has 0 fully saturated rings.